The molecule has 0 amide bonds. The summed E-state index contributed by atoms with van der Waals surface area (Å²) in [7, 11) is 0. The molecule has 19 heavy (non-hydrogen) atoms. The fourth-order valence-corrected chi connectivity index (χ4v) is 3.41. The predicted octanol–water partition coefficient (Wildman–Crippen LogP) is 5.96. The second-order valence-corrected chi connectivity index (χ2v) is 6.20. The lowest BCUT2D eigenvalue weighted by molar-refractivity contribution is 0.599. The molecular weight excluding hydrogens is 394 g/mol. The van der Waals surface area contributed by atoms with Crippen LogP contribution in [0.3, 0.4) is 0 Å². The molecule has 2 aromatic rings. The van der Waals surface area contributed by atoms with E-state index in [-0.39, 0.29) is 16.8 Å². The highest BCUT2D eigenvalue weighted by molar-refractivity contribution is 9.10. The zero-order chi connectivity index (χ0) is 13.8. The molecule has 100 valence electrons. The van der Waals surface area contributed by atoms with Crippen LogP contribution in [0.5, 0.6) is 0 Å². The van der Waals surface area contributed by atoms with E-state index < -0.39 is 0 Å². The van der Waals surface area contributed by atoms with Crippen LogP contribution in [-0.2, 0) is 6.42 Å². The van der Waals surface area contributed by atoms with Crippen LogP contribution in [0.25, 0.3) is 0 Å². The molecule has 1 atom stereocenters. The quantitative estimate of drug-likeness (QED) is 0.550. The van der Waals surface area contributed by atoms with Gasteiger partial charge in [-0.15, -0.1) is 0 Å². The van der Waals surface area contributed by atoms with Gasteiger partial charge < -0.3 is 0 Å². The smallest absolute Gasteiger partial charge is 0.144 e. The third-order valence-corrected chi connectivity index (χ3v) is 4.82. The lowest BCUT2D eigenvalue weighted by Gasteiger charge is -2.17. The Labute approximate surface area is 134 Å². The Bertz CT molecular complexity index is 572. The first-order chi connectivity index (χ1) is 9.13. The van der Waals surface area contributed by atoms with Crippen LogP contribution in [0.4, 0.5) is 4.39 Å². The molecule has 0 saturated heterocycles. The van der Waals surface area contributed by atoms with Gasteiger partial charge >= 0.3 is 0 Å². The SMILES string of the molecule is Fc1c(Cl)cccc1CC(CBr)c1ccccc1Br. The van der Waals surface area contributed by atoms with Gasteiger partial charge in [0.25, 0.3) is 0 Å². The Morgan fingerprint density at radius 2 is 1.84 bits per heavy atom. The van der Waals surface area contributed by atoms with E-state index in [2.05, 4.69) is 37.9 Å². The number of alkyl halides is 1. The molecule has 0 saturated carbocycles. The molecule has 2 rings (SSSR count). The van der Waals surface area contributed by atoms with E-state index in [0.717, 1.165) is 9.80 Å². The molecule has 0 fully saturated rings. The molecule has 2 aromatic carbocycles. The molecule has 0 aliphatic heterocycles. The molecule has 0 spiro atoms. The fraction of sp³-hybridized carbons (Fsp3) is 0.200. The van der Waals surface area contributed by atoms with Crippen LogP contribution in [0.2, 0.25) is 5.02 Å². The van der Waals surface area contributed by atoms with Crippen molar-refractivity contribution in [3.63, 3.8) is 0 Å². The maximum absolute atomic E-state index is 14.0. The minimum absolute atomic E-state index is 0.179. The lowest BCUT2D eigenvalue weighted by Crippen LogP contribution is -2.07. The molecule has 0 aliphatic rings. The zero-order valence-electron chi connectivity index (χ0n) is 10.0. The monoisotopic (exact) mass is 404 g/mol. The van der Waals surface area contributed by atoms with Crippen LogP contribution >= 0.6 is 43.5 Å². The second kappa shape index (κ2) is 6.87. The first kappa shape index (κ1) is 15.0. The minimum Gasteiger partial charge on any atom is -0.205 e. The molecular formula is C15H12Br2ClF. The van der Waals surface area contributed by atoms with Crippen LogP contribution in [0, 0.1) is 5.82 Å². The van der Waals surface area contributed by atoms with E-state index in [4.69, 9.17) is 11.6 Å². The molecule has 0 radical (unpaired) electrons. The Balaban J connectivity index is 2.30. The molecule has 0 heterocycles. The summed E-state index contributed by atoms with van der Waals surface area (Å²) in [5, 5.41) is 0.944. The summed E-state index contributed by atoms with van der Waals surface area (Å²) in [6.45, 7) is 0. The first-order valence-electron chi connectivity index (χ1n) is 5.86. The van der Waals surface area contributed by atoms with E-state index in [9.17, 15) is 4.39 Å². The van der Waals surface area contributed by atoms with Crippen LogP contribution < -0.4 is 0 Å². The van der Waals surface area contributed by atoms with Gasteiger partial charge in [-0.1, -0.05) is 73.8 Å². The maximum atomic E-state index is 14.0. The molecule has 0 aliphatic carbocycles. The average Bonchev–Trinajstić information content (AvgIpc) is 2.41. The van der Waals surface area contributed by atoms with Gasteiger partial charge in [0.1, 0.15) is 5.82 Å². The lowest BCUT2D eigenvalue weighted by atomic mass is 9.93. The maximum Gasteiger partial charge on any atom is 0.144 e. The Hall–Kier alpha value is -0.380. The van der Waals surface area contributed by atoms with Crippen molar-refractivity contribution in [1.82, 2.24) is 0 Å². The van der Waals surface area contributed by atoms with Crippen molar-refractivity contribution in [3.05, 3.63) is 68.9 Å². The summed E-state index contributed by atoms with van der Waals surface area (Å²) in [5.41, 5.74) is 1.81. The predicted molar refractivity (Wildman–Crippen MR) is 85.8 cm³/mol. The standard InChI is InChI=1S/C15H12Br2ClF/c16-9-11(12-5-1-2-6-13(12)17)8-10-4-3-7-14(18)15(10)19/h1-7,11H,8-9H2. The van der Waals surface area contributed by atoms with Gasteiger partial charge in [0.15, 0.2) is 0 Å². The van der Waals surface area contributed by atoms with Crippen molar-refractivity contribution in [2.75, 3.05) is 5.33 Å². The van der Waals surface area contributed by atoms with E-state index in [1.165, 1.54) is 5.56 Å². The fourth-order valence-electron chi connectivity index (χ4n) is 2.03. The van der Waals surface area contributed by atoms with Gasteiger partial charge in [-0.05, 0) is 35.6 Å². The minimum atomic E-state index is -0.317. The van der Waals surface area contributed by atoms with Crippen molar-refractivity contribution in [2.45, 2.75) is 12.3 Å². The van der Waals surface area contributed by atoms with Crippen LogP contribution in [0.15, 0.2) is 46.9 Å². The number of hydrogen-bond donors (Lipinski definition) is 0. The molecule has 0 N–H and O–H groups in total. The van der Waals surface area contributed by atoms with Gasteiger partial charge in [0.2, 0.25) is 0 Å². The van der Waals surface area contributed by atoms with Crippen molar-refractivity contribution < 1.29 is 4.39 Å². The summed E-state index contributed by atoms with van der Waals surface area (Å²) >= 11 is 12.9. The highest BCUT2D eigenvalue weighted by atomic mass is 79.9. The summed E-state index contributed by atoms with van der Waals surface area (Å²) < 4.78 is 15.0. The topological polar surface area (TPSA) is 0 Å². The largest absolute Gasteiger partial charge is 0.205 e. The van der Waals surface area contributed by atoms with Crippen LogP contribution in [-0.4, -0.2) is 5.33 Å². The van der Waals surface area contributed by atoms with Gasteiger partial charge in [-0.2, -0.15) is 0 Å². The molecule has 0 nitrogen and oxygen atoms in total. The third-order valence-electron chi connectivity index (χ3n) is 3.03. The highest BCUT2D eigenvalue weighted by Gasteiger charge is 2.16. The Kier molecular flexibility index (Phi) is 5.43. The second-order valence-electron chi connectivity index (χ2n) is 4.29. The molecule has 0 bridgehead atoms. The highest BCUT2D eigenvalue weighted by Crippen LogP contribution is 2.31. The summed E-state index contributed by atoms with van der Waals surface area (Å²) in [6, 6.07) is 13.2. The normalized spacial score (nSPS) is 12.4. The zero-order valence-corrected chi connectivity index (χ0v) is 14.0. The van der Waals surface area contributed by atoms with Gasteiger partial charge in [0.05, 0.1) is 5.02 Å². The van der Waals surface area contributed by atoms with Crippen LogP contribution in [0.1, 0.15) is 17.0 Å². The summed E-state index contributed by atoms with van der Waals surface area (Å²) in [5.74, 6) is -0.120. The first-order valence-corrected chi connectivity index (χ1v) is 8.16. The average molecular weight is 407 g/mol. The Morgan fingerprint density at radius 3 is 2.53 bits per heavy atom. The summed E-state index contributed by atoms with van der Waals surface area (Å²) in [4.78, 5) is 0. The molecule has 1 unspecified atom stereocenters. The molecule has 4 heteroatoms. The van der Waals surface area contributed by atoms with Gasteiger partial charge in [0, 0.05) is 9.80 Å². The number of rotatable bonds is 4. The number of hydrogen-bond acceptors (Lipinski definition) is 0. The number of halogens is 4. The Morgan fingerprint density at radius 1 is 1.11 bits per heavy atom. The van der Waals surface area contributed by atoms with E-state index >= 15 is 0 Å². The third kappa shape index (κ3) is 3.59. The van der Waals surface area contributed by atoms with E-state index in [0.29, 0.717) is 12.0 Å². The number of benzene rings is 2. The van der Waals surface area contributed by atoms with Gasteiger partial charge in [-0.25, -0.2) is 4.39 Å². The summed E-state index contributed by atoms with van der Waals surface area (Å²) in [6.07, 6.45) is 0.611. The molecule has 0 aromatic heterocycles. The van der Waals surface area contributed by atoms with Crippen molar-refractivity contribution in [1.29, 1.82) is 0 Å². The van der Waals surface area contributed by atoms with Crippen molar-refractivity contribution in [3.8, 4) is 0 Å². The van der Waals surface area contributed by atoms with Crippen molar-refractivity contribution in [2.24, 2.45) is 0 Å². The van der Waals surface area contributed by atoms with E-state index in [1.807, 2.05) is 18.2 Å². The van der Waals surface area contributed by atoms with Gasteiger partial charge in [-0.3, -0.25) is 0 Å². The van der Waals surface area contributed by atoms with E-state index in [1.54, 1.807) is 18.2 Å². The van der Waals surface area contributed by atoms with Crippen molar-refractivity contribution >= 4 is 43.5 Å².